The maximum atomic E-state index is 2.36. The monoisotopic (exact) mass is 266 g/mol. The molecule has 0 aromatic heterocycles. The van der Waals surface area contributed by atoms with E-state index in [1.54, 1.807) is 5.57 Å². The standard InChI is InChI=1S/C18H18S/c1-14-7-9-15(10-8-14)11-16-12-17(16)13-19-18-5-3-2-4-6-18/h2-11,17H,12-13H2,1H3/b16-11+. The molecule has 3 rings (SSSR count). The van der Waals surface area contributed by atoms with Crippen LogP contribution in [0.2, 0.25) is 0 Å². The second-order valence-corrected chi connectivity index (χ2v) is 6.25. The van der Waals surface area contributed by atoms with Crippen LogP contribution in [0.15, 0.2) is 65.1 Å². The van der Waals surface area contributed by atoms with E-state index in [-0.39, 0.29) is 0 Å². The van der Waals surface area contributed by atoms with Gasteiger partial charge in [0, 0.05) is 10.6 Å². The molecule has 0 amide bonds. The van der Waals surface area contributed by atoms with Crippen molar-refractivity contribution in [1.82, 2.24) is 0 Å². The molecule has 19 heavy (non-hydrogen) atoms. The summed E-state index contributed by atoms with van der Waals surface area (Å²) >= 11 is 1.97. The average molecular weight is 266 g/mol. The number of hydrogen-bond donors (Lipinski definition) is 0. The fraction of sp³-hybridized carbons (Fsp3) is 0.222. The van der Waals surface area contributed by atoms with Crippen molar-refractivity contribution in [1.29, 1.82) is 0 Å². The molecule has 0 nitrogen and oxygen atoms in total. The molecule has 0 bridgehead atoms. The summed E-state index contributed by atoms with van der Waals surface area (Å²) in [6.45, 7) is 2.13. The summed E-state index contributed by atoms with van der Waals surface area (Å²) in [6.07, 6.45) is 3.63. The van der Waals surface area contributed by atoms with E-state index in [0.29, 0.717) is 0 Å². The average Bonchev–Trinajstić information content (AvgIpc) is 3.19. The number of hydrogen-bond acceptors (Lipinski definition) is 1. The summed E-state index contributed by atoms with van der Waals surface area (Å²) in [5, 5.41) is 0. The molecule has 1 heteroatoms. The van der Waals surface area contributed by atoms with Gasteiger partial charge in [-0.1, -0.05) is 59.7 Å². The molecule has 1 saturated carbocycles. The van der Waals surface area contributed by atoms with Gasteiger partial charge in [0.1, 0.15) is 0 Å². The zero-order valence-electron chi connectivity index (χ0n) is 11.2. The maximum Gasteiger partial charge on any atom is 0.00721 e. The van der Waals surface area contributed by atoms with Crippen molar-refractivity contribution in [2.75, 3.05) is 5.75 Å². The van der Waals surface area contributed by atoms with Crippen LogP contribution in [0.1, 0.15) is 17.5 Å². The quantitative estimate of drug-likeness (QED) is 0.686. The van der Waals surface area contributed by atoms with Crippen LogP contribution in [0.4, 0.5) is 0 Å². The van der Waals surface area contributed by atoms with E-state index in [0.717, 1.165) is 5.92 Å². The molecule has 2 aromatic rings. The topological polar surface area (TPSA) is 0 Å². The van der Waals surface area contributed by atoms with E-state index in [2.05, 4.69) is 67.6 Å². The highest BCUT2D eigenvalue weighted by atomic mass is 32.2. The van der Waals surface area contributed by atoms with Crippen LogP contribution in [0.3, 0.4) is 0 Å². The van der Waals surface area contributed by atoms with Gasteiger partial charge < -0.3 is 0 Å². The van der Waals surface area contributed by atoms with Gasteiger partial charge in [0.15, 0.2) is 0 Å². The van der Waals surface area contributed by atoms with E-state index < -0.39 is 0 Å². The molecule has 0 saturated heterocycles. The van der Waals surface area contributed by atoms with Crippen LogP contribution in [0, 0.1) is 12.8 Å². The van der Waals surface area contributed by atoms with Gasteiger partial charge in [0.05, 0.1) is 0 Å². The Bertz CT molecular complexity index is 566. The highest BCUT2D eigenvalue weighted by molar-refractivity contribution is 7.99. The van der Waals surface area contributed by atoms with Crippen molar-refractivity contribution in [3.8, 4) is 0 Å². The predicted octanol–water partition coefficient (Wildman–Crippen LogP) is 5.19. The van der Waals surface area contributed by atoms with Gasteiger partial charge in [-0.05, 0) is 37.0 Å². The molecule has 2 aromatic carbocycles. The largest absolute Gasteiger partial charge is 0.126 e. The van der Waals surface area contributed by atoms with Gasteiger partial charge in [-0.3, -0.25) is 0 Å². The van der Waals surface area contributed by atoms with E-state index in [1.165, 1.54) is 28.2 Å². The first-order valence-corrected chi connectivity index (χ1v) is 7.75. The summed E-state index contributed by atoms with van der Waals surface area (Å²) in [4.78, 5) is 1.38. The van der Waals surface area contributed by atoms with Crippen molar-refractivity contribution in [3.05, 3.63) is 71.3 Å². The van der Waals surface area contributed by atoms with Gasteiger partial charge in [-0.2, -0.15) is 0 Å². The lowest BCUT2D eigenvalue weighted by Gasteiger charge is -1.98. The first-order chi connectivity index (χ1) is 9.31. The Morgan fingerprint density at radius 3 is 2.53 bits per heavy atom. The van der Waals surface area contributed by atoms with Gasteiger partial charge in [0.2, 0.25) is 0 Å². The minimum atomic E-state index is 0.784. The fourth-order valence-electron chi connectivity index (χ4n) is 2.16. The molecule has 1 atom stereocenters. The molecule has 0 N–H and O–H groups in total. The first-order valence-electron chi connectivity index (χ1n) is 6.76. The minimum absolute atomic E-state index is 0.784. The predicted molar refractivity (Wildman–Crippen MR) is 84.4 cm³/mol. The molecule has 1 fully saturated rings. The van der Waals surface area contributed by atoms with Gasteiger partial charge in [-0.15, -0.1) is 11.8 Å². The van der Waals surface area contributed by atoms with Crippen molar-refractivity contribution in [2.45, 2.75) is 18.2 Å². The molecule has 0 spiro atoms. The fourth-order valence-corrected chi connectivity index (χ4v) is 3.23. The number of rotatable bonds is 4. The van der Waals surface area contributed by atoms with Crippen molar-refractivity contribution in [3.63, 3.8) is 0 Å². The third-order valence-electron chi connectivity index (χ3n) is 3.47. The third kappa shape index (κ3) is 3.51. The van der Waals surface area contributed by atoms with Crippen LogP contribution in [0.25, 0.3) is 6.08 Å². The van der Waals surface area contributed by atoms with Crippen LogP contribution in [-0.2, 0) is 0 Å². The molecule has 0 aliphatic heterocycles. The van der Waals surface area contributed by atoms with E-state index in [9.17, 15) is 0 Å². The minimum Gasteiger partial charge on any atom is -0.126 e. The second kappa shape index (κ2) is 5.66. The van der Waals surface area contributed by atoms with Crippen molar-refractivity contribution in [2.24, 2.45) is 5.92 Å². The zero-order chi connectivity index (χ0) is 13.1. The molecular weight excluding hydrogens is 248 g/mol. The molecule has 96 valence electrons. The molecular formula is C18H18S. The molecule has 1 unspecified atom stereocenters. The Balaban J connectivity index is 1.55. The molecule has 0 radical (unpaired) electrons. The van der Waals surface area contributed by atoms with Gasteiger partial charge >= 0.3 is 0 Å². The summed E-state index contributed by atoms with van der Waals surface area (Å²) in [5.41, 5.74) is 4.27. The number of benzene rings is 2. The lowest BCUT2D eigenvalue weighted by molar-refractivity contribution is 1.04. The highest BCUT2D eigenvalue weighted by Crippen LogP contribution is 2.42. The smallest absolute Gasteiger partial charge is 0.00721 e. The SMILES string of the molecule is Cc1ccc(/C=C2\CC2CSc2ccccc2)cc1. The maximum absolute atomic E-state index is 2.36. The summed E-state index contributed by atoms with van der Waals surface area (Å²) in [5.74, 6) is 1.99. The summed E-state index contributed by atoms with van der Waals surface area (Å²) in [6, 6.07) is 19.5. The Morgan fingerprint density at radius 1 is 1.05 bits per heavy atom. The lowest BCUT2D eigenvalue weighted by Crippen LogP contribution is -1.81. The Kier molecular flexibility index (Phi) is 3.74. The van der Waals surface area contributed by atoms with Crippen LogP contribution < -0.4 is 0 Å². The van der Waals surface area contributed by atoms with Crippen molar-refractivity contribution >= 4 is 17.8 Å². The van der Waals surface area contributed by atoms with E-state index in [4.69, 9.17) is 0 Å². The lowest BCUT2D eigenvalue weighted by atomic mass is 10.1. The first kappa shape index (κ1) is 12.6. The third-order valence-corrected chi connectivity index (χ3v) is 4.64. The number of thioether (sulfide) groups is 1. The molecule has 1 aliphatic carbocycles. The van der Waals surface area contributed by atoms with Gasteiger partial charge in [-0.25, -0.2) is 0 Å². The molecule has 1 aliphatic rings. The number of allylic oxidation sites excluding steroid dienone is 1. The van der Waals surface area contributed by atoms with E-state index in [1.807, 2.05) is 11.8 Å². The molecule has 0 heterocycles. The summed E-state index contributed by atoms with van der Waals surface area (Å²) in [7, 11) is 0. The van der Waals surface area contributed by atoms with Crippen LogP contribution >= 0.6 is 11.8 Å². The van der Waals surface area contributed by atoms with Crippen LogP contribution in [0.5, 0.6) is 0 Å². The van der Waals surface area contributed by atoms with Crippen molar-refractivity contribution < 1.29 is 0 Å². The Hall–Kier alpha value is -1.47. The number of aryl methyl sites for hydroxylation is 1. The Morgan fingerprint density at radius 2 is 1.79 bits per heavy atom. The van der Waals surface area contributed by atoms with Gasteiger partial charge in [0.25, 0.3) is 0 Å². The summed E-state index contributed by atoms with van der Waals surface area (Å²) < 4.78 is 0. The highest BCUT2D eigenvalue weighted by Gasteiger charge is 2.29. The van der Waals surface area contributed by atoms with E-state index >= 15 is 0 Å². The zero-order valence-corrected chi connectivity index (χ0v) is 12.0. The normalized spacial score (nSPS) is 19.6. The van der Waals surface area contributed by atoms with Crippen LogP contribution in [-0.4, -0.2) is 5.75 Å². The Labute approximate surface area is 119 Å². The second-order valence-electron chi connectivity index (χ2n) is 5.16.